The zero-order valence-corrected chi connectivity index (χ0v) is 35.5. The van der Waals surface area contributed by atoms with Crippen molar-refractivity contribution in [3.05, 3.63) is 200 Å². The number of hydrogen-bond acceptors (Lipinski definition) is 2. The Balaban J connectivity index is 0.00000433. The summed E-state index contributed by atoms with van der Waals surface area (Å²) in [6, 6.07) is 64.5. The molecule has 0 unspecified atom stereocenters. The summed E-state index contributed by atoms with van der Waals surface area (Å²) in [7, 11) is 0. The summed E-state index contributed by atoms with van der Waals surface area (Å²) in [6.07, 6.45) is 7.81. The second-order valence-electron chi connectivity index (χ2n) is 16.1. The van der Waals surface area contributed by atoms with Crippen LogP contribution in [0.25, 0.3) is 83.6 Å². The first kappa shape index (κ1) is 37.5. The molecule has 0 bridgehead atoms. The van der Waals surface area contributed by atoms with Gasteiger partial charge in [0.15, 0.2) is 0 Å². The molecule has 6 heteroatoms. The fourth-order valence-corrected chi connectivity index (χ4v) is 8.53. The summed E-state index contributed by atoms with van der Waals surface area (Å²) < 4.78 is 13.0. The van der Waals surface area contributed by atoms with Crippen LogP contribution in [-0.2, 0) is 26.5 Å². The maximum atomic E-state index is 6.61. The predicted molar refractivity (Wildman–Crippen MR) is 236 cm³/mol. The molecule has 11 rings (SSSR count). The van der Waals surface area contributed by atoms with Gasteiger partial charge in [-0.2, -0.15) is 18.2 Å². The van der Waals surface area contributed by atoms with Crippen molar-refractivity contribution in [1.82, 2.24) is 14.1 Å². The van der Waals surface area contributed by atoms with Gasteiger partial charge in [-0.05, 0) is 79.2 Å². The Labute approximate surface area is 364 Å². The van der Waals surface area contributed by atoms with Gasteiger partial charge < -0.3 is 13.9 Å². The Morgan fingerprint density at radius 1 is 0.583 bits per heavy atom. The number of hydrogen-bond donors (Lipinski definition) is 0. The SMILES string of the molecule is CC(C)(C)c1ccnc(-n2c3[c-]c(Oc4[c-]c(-n5[c-][n+]6c(c5)-c5ccccc5-c5ccccc5-c5cccc(-c7ccccc7)c5-6)ccc4)ccc3c3ccccc32)c1.[Pt]. The minimum Gasteiger partial charge on any atom is -0.510 e. The minimum atomic E-state index is -0.0232. The van der Waals surface area contributed by atoms with Crippen LogP contribution in [-0.4, -0.2) is 14.1 Å². The van der Waals surface area contributed by atoms with Crippen LogP contribution in [0.1, 0.15) is 26.3 Å². The van der Waals surface area contributed by atoms with Gasteiger partial charge in [0.2, 0.25) is 0 Å². The van der Waals surface area contributed by atoms with Crippen LogP contribution in [0.5, 0.6) is 11.5 Å². The molecule has 60 heavy (non-hydrogen) atoms. The van der Waals surface area contributed by atoms with E-state index in [9.17, 15) is 0 Å². The summed E-state index contributed by atoms with van der Waals surface area (Å²) in [6.45, 7) is 6.67. The van der Waals surface area contributed by atoms with Gasteiger partial charge in [0.25, 0.3) is 6.33 Å². The number of rotatable bonds is 5. The van der Waals surface area contributed by atoms with E-state index in [1.807, 2.05) is 35.0 Å². The van der Waals surface area contributed by atoms with E-state index in [1.165, 1.54) is 22.3 Å². The Bertz CT molecular complexity index is 3240. The number of aromatic nitrogens is 4. The number of fused-ring (bicyclic) bond motifs is 11. The van der Waals surface area contributed by atoms with E-state index in [2.05, 4.69) is 194 Å². The van der Waals surface area contributed by atoms with Crippen molar-refractivity contribution in [3.8, 4) is 73.3 Å². The molecule has 0 spiro atoms. The van der Waals surface area contributed by atoms with Crippen molar-refractivity contribution in [2.45, 2.75) is 26.2 Å². The molecule has 0 aliphatic carbocycles. The average Bonchev–Trinajstić information content (AvgIpc) is 3.85. The number of ether oxygens (including phenoxy) is 1. The Morgan fingerprint density at radius 2 is 1.23 bits per heavy atom. The third-order valence-electron chi connectivity index (χ3n) is 11.4. The van der Waals surface area contributed by atoms with Crippen LogP contribution in [0.2, 0.25) is 0 Å². The zero-order chi connectivity index (χ0) is 39.7. The first-order chi connectivity index (χ1) is 28.9. The van der Waals surface area contributed by atoms with Crippen LogP contribution in [0, 0.1) is 18.5 Å². The first-order valence-electron chi connectivity index (χ1n) is 20.0. The minimum absolute atomic E-state index is 0. The maximum Gasteiger partial charge on any atom is 0.267 e. The molecule has 292 valence electrons. The quantitative estimate of drug-likeness (QED) is 0.127. The molecule has 0 N–H and O–H groups in total. The molecule has 3 aromatic heterocycles. The van der Waals surface area contributed by atoms with Gasteiger partial charge in [0, 0.05) is 50.5 Å². The Kier molecular flexibility index (Phi) is 9.23. The number of nitrogens with zero attached hydrogens (tertiary/aromatic N) is 4. The van der Waals surface area contributed by atoms with Gasteiger partial charge in [-0.1, -0.05) is 142 Å². The molecule has 1 aliphatic heterocycles. The molecule has 0 saturated carbocycles. The van der Waals surface area contributed by atoms with Crippen LogP contribution in [0.15, 0.2) is 176 Å². The van der Waals surface area contributed by atoms with E-state index in [4.69, 9.17) is 9.72 Å². The van der Waals surface area contributed by atoms with E-state index in [-0.39, 0.29) is 26.5 Å². The van der Waals surface area contributed by atoms with Crippen molar-refractivity contribution in [2.24, 2.45) is 0 Å². The zero-order valence-electron chi connectivity index (χ0n) is 33.3. The first-order valence-corrected chi connectivity index (χ1v) is 20.0. The van der Waals surface area contributed by atoms with Gasteiger partial charge >= 0.3 is 0 Å². The van der Waals surface area contributed by atoms with Crippen molar-refractivity contribution < 1.29 is 30.4 Å². The standard InChI is InChI=1S/C54H38N4O.Pt/c1-54(2,3)37-29-30-55-52(31-37)58-49-26-12-11-23-46(49)47-28-27-40(33-50(47)58)59-39-18-13-17-38(32-39)56-34-51-45-22-10-9-20-43(45)42-19-7-8-21-44(42)48-25-14-24-41(53(48)57(51)35-56)36-15-5-4-6-16-36;/h4-31,34H,1-3H3;/q-2;. The second kappa shape index (κ2) is 14.8. The van der Waals surface area contributed by atoms with Gasteiger partial charge in [-0.25, -0.2) is 4.98 Å². The van der Waals surface area contributed by atoms with Crippen molar-refractivity contribution in [1.29, 1.82) is 0 Å². The topological polar surface area (TPSA) is 35.9 Å². The van der Waals surface area contributed by atoms with Crippen LogP contribution >= 0.6 is 0 Å². The summed E-state index contributed by atoms with van der Waals surface area (Å²) in [5.41, 5.74) is 14.1. The molecule has 0 saturated heterocycles. The third kappa shape index (κ3) is 6.29. The molecule has 5 nitrogen and oxygen atoms in total. The van der Waals surface area contributed by atoms with Crippen molar-refractivity contribution in [2.75, 3.05) is 0 Å². The molecule has 7 aromatic carbocycles. The van der Waals surface area contributed by atoms with Crippen LogP contribution in [0.3, 0.4) is 0 Å². The fraction of sp³-hybridized carbons (Fsp3) is 0.0741. The molecular weight excluding hydrogens is 916 g/mol. The molecule has 10 aromatic rings. The fourth-order valence-electron chi connectivity index (χ4n) is 8.53. The predicted octanol–water partition coefficient (Wildman–Crippen LogP) is 12.7. The molecule has 0 fully saturated rings. The maximum absolute atomic E-state index is 6.61. The van der Waals surface area contributed by atoms with Crippen molar-refractivity contribution >= 4 is 21.8 Å². The molecule has 4 heterocycles. The summed E-state index contributed by atoms with van der Waals surface area (Å²) in [5.74, 6) is 2.02. The Morgan fingerprint density at radius 3 is 2.03 bits per heavy atom. The third-order valence-corrected chi connectivity index (χ3v) is 11.4. The van der Waals surface area contributed by atoms with E-state index >= 15 is 0 Å². The van der Waals surface area contributed by atoms with E-state index < -0.39 is 0 Å². The van der Waals surface area contributed by atoms with Gasteiger partial charge in [-0.15, -0.1) is 29.7 Å². The molecular formula is C54H38N4OPt-2. The molecule has 0 atom stereocenters. The van der Waals surface area contributed by atoms with E-state index in [0.29, 0.717) is 11.5 Å². The summed E-state index contributed by atoms with van der Waals surface area (Å²) in [4.78, 5) is 4.84. The normalized spacial score (nSPS) is 11.8. The summed E-state index contributed by atoms with van der Waals surface area (Å²) >= 11 is 0. The molecule has 0 radical (unpaired) electrons. The van der Waals surface area contributed by atoms with Gasteiger partial charge in [0.1, 0.15) is 5.82 Å². The number of benzene rings is 7. The Hall–Kier alpha value is -6.81. The average molecular weight is 954 g/mol. The smallest absolute Gasteiger partial charge is 0.267 e. The molecule has 0 amide bonds. The number of pyridine rings is 1. The molecule has 1 aliphatic rings. The van der Waals surface area contributed by atoms with Gasteiger partial charge in [0.05, 0.1) is 11.4 Å². The number of imidazole rings is 1. The van der Waals surface area contributed by atoms with Crippen LogP contribution < -0.4 is 9.30 Å². The number of para-hydroxylation sites is 2. The van der Waals surface area contributed by atoms with Gasteiger partial charge in [-0.3, -0.25) is 4.57 Å². The van der Waals surface area contributed by atoms with Crippen molar-refractivity contribution in [3.63, 3.8) is 0 Å². The largest absolute Gasteiger partial charge is 0.510 e. The summed E-state index contributed by atoms with van der Waals surface area (Å²) in [5, 5.41) is 2.22. The van der Waals surface area contributed by atoms with E-state index in [1.54, 1.807) is 0 Å². The van der Waals surface area contributed by atoms with E-state index in [0.717, 1.165) is 66.9 Å². The monoisotopic (exact) mass is 953 g/mol. The second-order valence-corrected chi connectivity index (χ2v) is 16.1. The van der Waals surface area contributed by atoms with Crippen LogP contribution in [0.4, 0.5) is 0 Å².